The maximum absolute atomic E-state index is 12.6. The molecule has 24 heavy (non-hydrogen) atoms. The Kier molecular flexibility index (Phi) is 5.59. The van der Waals surface area contributed by atoms with E-state index in [-0.39, 0.29) is 5.78 Å². The predicted octanol–water partition coefficient (Wildman–Crippen LogP) is 5.54. The first kappa shape index (κ1) is 17.8. The van der Waals surface area contributed by atoms with Crippen LogP contribution >= 0.6 is 34.8 Å². The quantitative estimate of drug-likeness (QED) is 0.637. The summed E-state index contributed by atoms with van der Waals surface area (Å²) in [6, 6.07) is 10.2. The van der Waals surface area contributed by atoms with Gasteiger partial charge in [0.1, 0.15) is 0 Å². The number of rotatable bonds is 3. The molecule has 0 radical (unpaired) electrons. The molecule has 2 nitrogen and oxygen atoms in total. The fourth-order valence-electron chi connectivity index (χ4n) is 3.48. The number of nitrogens with zero attached hydrogens (tertiary/aromatic N) is 1. The largest absolute Gasteiger partial charge is 0.371 e. The van der Waals surface area contributed by atoms with Gasteiger partial charge in [0.15, 0.2) is 0 Å². The summed E-state index contributed by atoms with van der Waals surface area (Å²) in [7, 11) is 0. The van der Waals surface area contributed by atoms with E-state index < -0.39 is 3.79 Å². The molecule has 0 atom stereocenters. The van der Waals surface area contributed by atoms with E-state index in [9.17, 15) is 4.79 Å². The Bertz CT molecular complexity index is 668. The Labute approximate surface area is 158 Å². The van der Waals surface area contributed by atoms with Crippen molar-refractivity contribution >= 4 is 46.7 Å². The number of likely N-dealkylation sites (tertiary alicyclic amines) is 1. The number of carbonyl (C=O) groups is 1. The maximum Gasteiger partial charge on any atom is 0.253 e. The van der Waals surface area contributed by atoms with Gasteiger partial charge in [-0.2, -0.15) is 0 Å². The molecule has 1 aromatic rings. The molecule has 1 saturated heterocycles. The van der Waals surface area contributed by atoms with Crippen molar-refractivity contribution in [3.63, 3.8) is 0 Å². The Balaban J connectivity index is 2.02. The second-order valence-electron chi connectivity index (χ2n) is 6.28. The van der Waals surface area contributed by atoms with Crippen molar-refractivity contribution in [1.29, 1.82) is 0 Å². The van der Waals surface area contributed by atoms with Crippen molar-refractivity contribution in [3.05, 3.63) is 52.7 Å². The van der Waals surface area contributed by atoms with E-state index in [0.717, 1.165) is 43.6 Å². The molecule has 0 unspecified atom stereocenters. The molecule has 1 aromatic carbocycles. The van der Waals surface area contributed by atoms with Crippen LogP contribution in [0.4, 0.5) is 0 Å². The monoisotopic (exact) mass is 383 g/mol. The van der Waals surface area contributed by atoms with Crippen molar-refractivity contribution in [3.8, 4) is 0 Å². The fraction of sp³-hybridized carbons (Fsp3) is 0.421. The van der Waals surface area contributed by atoms with Crippen LogP contribution in [0, 0.1) is 0 Å². The van der Waals surface area contributed by atoms with Gasteiger partial charge >= 0.3 is 0 Å². The van der Waals surface area contributed by atoms with Gasteiger partial charge in [-0.25, -0.2) is 0 Å². The molecule has 3 rings (SSSR count). The fourth-order valence-corrected chi connectivity index (χ4v) is 3.83. The maximum atomic E-state index is 12.6. The van der Waals surface area contributed by atoms with Crippen LogP contribution in [0.1, 0.15) is 37.7 Å². The lowest BCUT2D eigenvalue weighted by molar-refractivity contribution is -0.115. The zero-order valence-corrected chi connectivity index (χ0v) is 15.7. The Morgan fingerprint density at radius 3 is 2.29 bits per heavy atom. The third kappa shape index (κ3) is 3.99. The van der Waals surface area contributed by atoms with Gasteiger partial charge in [-0.05, 0) is 49.3 Å². The summed E-state index contributed by atoms with van der Waals surface area (Å²) < 4.78 is -1.89. The van der Waals surface area contributed by atoms with E-state index in [4.69, 9.17) is 34.8 Å². The molecule has 0 N–H and O–H groups in total. The topological polar surface area (TPSA) is 20.3 Å². The molecule has 2 aliphatic rings. The highest BCUT2D eigenvalue weighted by Crippen LogP contribution is 2.41. The van der Waals surface area contributed by atoms with E-state index in [1.165, 1.54) is 12.0 Å². The number of alkyl halides is 3. The van der Waals surface area contributed by atoms with Gasteiger partial charge in [0, 0.05) is 24.4 Å². The summed E-state index contributed by atoms with van der Waals surface area (Å²) in [5.74, 6) is -0.385. The highest BCUT2D eigenvalue weighted by Gasteiger charge is 2.38. The van der Waals surface area contributed by atoms with Crippen LogP contribution in [0.3, 0.4) is 0 Å². The number of hydrogen-bond donors (Lipinski definition) is 0. The van der Waals surface area contributed by atoms with Gasteiger partial charge < -0.3 is 4.90 Å². The van der Waals surface area contributed by atoms with E-state index in [0.29, 0.717) is 12.0 Å². The third-order valence-corrected chi connectivity index (χ3v) is 5.09. The highest BCUT2D eigenvalue weighted by atomic mass is 35.6. The zero-order valence-electron chi connectivity index (χ0n) is 13.4. The van der Waals surface area contributed by atoms with E-state index >= 15 is 0 Å². The van der Waals surface area contributed by atoms with Crippen molar-refractivity contribution in [2.45, 2.75) is 35.9 Å². The van der Waals surface area contributed by atoms with Gasteiger partial charge in [-0.3, -0.25) is 4.79 Å². The minimum atomic E-state index is -1.89. The van der Waals surface area contributed by atoms with Crippen LogP contribution in [0.15, 0.2) is 47.2 Å². The van der Waals surface area contributed by atoms with Crippen molar-refractivity contribution in [1.82, 2.24) is 4.90 Å². The Hall–Kier alpha value is -0.960. The van der Waals surface area contributed by atoms with E-state index in [2.05, 4.69) is 23.1 Å². The van der Waals surface area contributed by atoms with Gasteiger partial charge in [0.2, 0.25) is 5.78 Å². The average Bonchev–Trinajstić information content (AvgIpc) is 2.98. The number of ketones is 1. The first-order chi connectivity index (χ1) is 11.5. The summed E-state index contributed by atoms with van der Waals surface area (Å²) >= 11 is 17.7. The lowest BCUT2D eigenvalue weighted by atomic mass is 10.0. The van der Waals surface area contributed by atoms with Crippen LogP contribution in [0.5, 0.6) is 0 Å². The molecule has 128 valence electrons. The molecule has 0 spiro atoms. The SMILES string of the molecule is O=C(C1=C(N2CCCCC2)/C(=C\c2ccccc2)CC1)C(Cl)(Cl)Cl. The lowest BCUT2D eigenvalue weighted by Crippen LogP contribution is -2.32. The first-order valence-electron chi connectivity index (χ1n) is 8.32. The number of hydrogen-bond acceptors (Lipinski definition) is 2. The molecule has 1 heterocycles. The van der Waals surface area contributed by atoms with Crippen LogP contribution in [-0.4, -0.2) is 27.6 Å². The lowest BCUT2D eigenvalue weighted by Gasteiger charge is -2.32. The van der Waals surface area contributed by atoms with Gasteiger partial charge in [0.05, 0.1) is 0 Å². The van der Waals surface area contributed by atoms with Crippen LogP contribution < -0.4 is 0 Å². The number of Topliss-reactive ketones (excluding diaryl/α,β-unsaturated/α-hetero) is 1. The van der Waals surface area contributed by atoms with Crippen molar-refractivity contribution in [2.24, 2.45) is 0 Å². The van der Waals surface area contributed by atoms with Gasteiger partial charge in [-0.15, -0.1) is 0 Å². The van der Waals surface area contributed by atoms with Crippen molar-refractivity contribution in [2.75, 3.05) is 13.1 Å². The Morgan fingerprint density at radius 1 is 1.00 bits per heavy atom. The van der Waals surface area contributed by atoms with E-state index in [1.807, 2.05) is 18.2 Å². The average molecular weight is 385 g/mol. The molecule has 5 heteroatoms. The third-order valence-electron chi connectivity index (χ3n) is 4.58. The second kappa shape index (κ2) is 7.51. The molecular weight excluding hydrogens is 365 g/mol. The molecule has 0 aromatic heterocycles. The number of piperidine rings is 1. The number of halogens is 3. The van der Waals surface area contributed by atoms with Crippen LogP contribution in [-0.2, 0) is 4.79 Å². The number of benzene rings is 1. The standard InChI is InChI=1S/C19H20Cl3NO/c20-19(21,22)18(24)16-10-9-15(13-14-7-3-1-4-8-14)17(16)23-11-5-2-6-12-23/h1,3-4,7-8,13H,2,5-6,9-12H2/b15-13-. The minimum absolute atomic E-state index is 0.385. The van der Waals surface area contributed by atoms with E-state index in [1.54, 1.807) is 0 Å². The minimum Gasteiger partial charge on any atom is -0.371 e. The molecule has 1 aliphatic carbocycles. The first-order valence-corrected chi connectivity index (χ1v) is 9.46. The van der Waals surface area contributed by atoms with Crippen molar-refractivity contribution < 1.29 is 4.79 Å². The van der Waals surface area contributed by atoms with Gasteiger partial charge in [0.25, 0.3) is 3.79 Å². The number of carbonyl (C=O) groups excluding carboxylic acids is 1. The summed E-state index contributed by atoms with van der Waals surface area (Å²) in [5, 5.41) is 0. The summed E-state index contributed by atoms with van der Waals surface area (Å²) in [6.45, 7) is 1.91. The zero-order chi connectivity index (χ0) is 17.2. The number of allylic oxidation sites excluding steroid dienone is 2. The molecule has 0 saturated carbocycles. The smallest absolute Gasteiger partial charge is 0.253 e. The summed E-state index contributed by atoms with van der Waals surface area (Å²) in [5.41, 5.74) is 3.96. The van der Waals surface area contributed by atoms with Gasteiger partial charge in [-0.1, -0.05) is 65.1 Å². The molecule has 1 aliphatic heterocycles. The summed E-state index contributed by atoms with van der Waals surface area (Å²) in [4.78, 5) is 14.9. The van der Waals surface area contributed by atoms with Crippen LogP contribution in [0.25, 0.3) is 6.08 Å². The molecular formula is C19H20Cl3NO. The normalized spacial score (nSPS) is 20.8. The molecule has 0 bridgehead atoms. The Morgan fingerprint density at radius 2 is 1.67 bits per heavy atom. The highest BCUT2D eigenvalue weighted by molar-refractivity contribution is 6.77. The second-order valence-corrected chi connectivity index (χ2v) is 8.56. The molecule has 0 amide bonds. The molecule has 1 fully saturated rings. The summed E-state index contributed by atoms with van der Waals surface area (Å²) in [6.07, 6.45) is 7.10. The predicted molar refractivity (Wildman–Crippen MR) is 101 cm³/mol. The van der Waals surface area contributed by atoms with Crippen LogP contribution in [0.2, 0.25) is 0 Å².